The van der Waals surface area contributed by atoms with Gasteiger partial charge in [0.2, 0.25) is 0 Å². The molecule has 1 atom stereocenters. The Kier molecular flexibility index (Phi) is 4.59. The van der Waals surface area contributed by atoms with E-state index < -0.39 is 0 Å². The Morgan fingerprint density at radius 2 is 2.00 bits per heavy atom. The van der Waals surface area contributed by atoms with Crippen molar-refractivity contribution in [2.75, 3.05) is 19.7 Å². The third-order valence-electron chi connectivity index (χ3n) is 3.17. The number of aliphatic hydroxyl groups excluding tert-OH is 1. The summed E-state index contributed by atoms with van der Waals surface area (Å²) in [6, 6.07) is 0.687. The number of carbonyl (C=O) groups excluding carboxylic acids is 1. The van der Waals surface area contributed by atoms with Crippen LogP contribution in [0.2, 0.25) is 0 Å². The van der Waals surface area contributed by atoms with E-state index in [0.717, 1.165) is 6.54 Å². The zero-order valence-corrected chi connectivity index (χ0v) is 10.8. The molecule has 1 aliphatic rings. The molecular weight excluding hydrogens is 204 g/mol. The molecule has 1 unspecified atom stereocenters. The summed E-state index contributed by atoms with van der Waals surface area (Å²) >= 11 is 0. The molecule has 0 bridgehead atoms. The molecule has 1 rings (SSSR count). The summed E-state index contributed by atoms with van der Waals surface area (Å²) in [4.78, 5) is 16.0. The lowest BCUT2D eigenvalue weighted by molar-refractivity contribution is 0.161. The standard InChI is InChI=1S/C12H24N2O2/c1-9(2)11-8-13(6-5-7-15)12(16)14(11)10(3)4/h9-11,15H,5-8H2,1-4H3. The summed E-state index contributed by atoms with van der Waals surface area (Å²) in [5.41, 5.74) is 0. The van der Waals surface area contributed by atoms with Crippen LogP contribution in [-0.2, 0) is 0 Å². The minimum Gasteiger partial charge on any atom is -0.396 e. The van der Waals surface area contributed by atoms with Gasteiger partial charge in [-0.2, -0.15) is 0 Å². The number of aliphatic hydroxyl groups is 1. The largest absolute Gasteiger partial charge is 0.396 e. The first kappa shape index (κ1) is 13.3. The molecule has 0 spiro atoms. The minimum atomic E-state index is 0.127. The lowest BCUT2D eigenvalue weighted by atomic mass is 10.0. The summed E-state index contributed by atoms with van der Waals surface area (Å²) < 4.78 is 0. The molecule has 0 aromatic rings. The van der Waals surface area contributed by atoms with E-state index in [4.69, 9.17) is 5.11 Å². The predicted molar refractivity (Wildman–Crippen MR) is 64.3 cm³/mol. The van der Waals surface area contributed by atoms with Crippen LogP contribution in [0.25, 0.3) is 0 Å². The smallest absolute Gasteiger partial charge is 0.320 e. The van der Waals surface area contributed by atoms with Crippen LogP contribution in [0.1, 0.15) is 34.1 Å². The van der Waals surface area contributed by atoms with Gasteiger partial charge >= 0.3 is 6.03 Å². The Hall–Kier alpha value is -0.770. The highest BCUT2D eigenvalue weighted by atomic mass is 16.3. The molecule has 1 fully saturated rings. The fourth-order valence-electron chi connectivity index (χ4n) is 2.28. The molecule has 16 heavy (non-hydrogen) atoms. The van der Waals surface area contributed by atoms with Crippen molar-refractivity contribution < 1.29 is 9.90 Å². The van der Waals surface area contributed by atoms with Crippen molar-refractivity contribution in [1.82, 2.24) is 9.80 Å². The minimum absolute atomic E-state index is 0.127. The molecule has 0 aromatic heterocycles. The Balaban J connectivity index is 2.71. The van der Waals surface area contributed by atoms with Crippen molar-refractivity contribution in [2.45, 2.75) is 46.2 Å². The second-order valence-corrected chi connectivity index (χ2v) is 5.12. The Morgan fingerprint density at radius 1 is 1.38 bits per heavy atom. The number of hydrogen-bond acceptors (Lipinski definition) is 2. The summed E-state index contributed by atoms with van der Waals surface area (Å²) in [6.45, 7) is 10.0. The maximum Gasteiger partial charge on any atom is 0.320 e. The highest BCUT2D eigenvalue weighted by molar-refractivity contribution is 5.77. The van der Waals surface area contributed by atoms with Crippen LogP contribution < -0.4 is 0 Å². The number of amides is 2. The van der Waals surface area contributed by atoms with Crippen LogP contribution in [-0.4, -0.2) is 52.7 Å². The summed E-state index contributed by atoms with van der Waals surface area (Å²) in [5.74, 6) is 0.477. The van der Waals surface area contributed by atoms with Crippen molar-refractivity contribution in [1.29, 1.82) is 0 Å². The van der Waals surface area contributed by atoms with E-state index in [1.165, 1.54) is 0 Å². The first-order valence-corrected chi connectivity index (χ1v) is 6.17. The zero-order chi connectivity index (χ0) is 12.3. The molecule has 1 aliphatic heterocycles. The monoisotopic (exact) mass is 228 g/mol. The molecule has 2 amide bonds. The van der Waals surface area contributed by atoms with Gasteiger partial charge in [-0.15, -0.1) is 0 Å². The lowest BCUT2D eigenvalue weighted by Gasteiger charge is -2.29. The van der Waals surface area contributed by atoms with Crippen molar-refractivity contribution in [2.24, 2.45) is 5.92 Å². The molecule has 1 heterocycles. The number of urea groups is 1. The normalized spacial score (nSPS) is 21.7. The molecule has 0 aromatic carbocycles. The topological polar surface area (TPSA) is 43.8 Å². The van der Waals surface area contributed by atoms with E-state index in [0.29, 0.717) is 24.9 Å². The second kappa shape index (κ2) is 5.53. The SMILES string of the molecule is CC(C)C1CN(CCCO)C(=O)N1C(C)C. The first-order valence-electron chi connectivity index (χ1n) is 6.17. The second-order valence-electron chi connectivity index (χ2n) is 5.12. The highest BCUT2D eigenvalue weighted by Crippen LogP contribution is 2.24. The number of nitrogens with zero attached hydrogens (tertiary/aromatic N) is 2. The van der Waals surface area contributed by atoms with E-state index in [1.54, 1.807) is 0 Å². The molecule has 1 N–H and O–H groups in total. The average molecular weight is 228 g/mol. The molecule has 0 saturated carbocycles. The van der Waals surface area contributed by atoms with Gasteiger partial charge in [0.15, 0.2) is 0 Å². The van der Waals surface area contributed by atoms with E-state index in [-0.39, 0.29) is 18.7 Å². The number of carbonyl (C=O) groups is 1. The molecular formula is C12H24N2O2. The lowest BCUT2D eigenvalue weighted by Crippen LogP contribution is -2.42. The van der Waals surface area contributed by atoms with Crippen LogP contribution in [0.4, 0.5) is 4.79 Å². The van der Waals surface area contributed by atoms with Gasteiger partial charge in [0.1, 0.15) is 0 Å². The van der Waals surface area contributed by atoms with E-state index >= 15 is 0 Å². The Bertz CT molecular complexity index is 241. The van der Waals surface area contributed by atoms with Gasteiger partial charge < -0.3 is 14.9 Å². The van der Waals surface area contributed by atoms with Crippen molar-refractivity contribution in [3.05, 3.63) is 0 Å². The van der Waals surface area contributed by atoms with E-state index in [2.05, 4.69) is 27.7 Å². The highest BCUT2D eigenvalue weighted by Gasteiger charge is 2.39. The number of hydrogen-bond donors (Lipinski definition) is 1. The fraction of sp³-hybridized carbons (Fsp3) is 0.917. The molecule has 4 nitrogen and oxygen atoms in total. The van der Waals surface area contributed by atoms with Crippen molar-refractivity contribution >= 4 is 6.03 Å². The third kappa shape index (κ3) is 2.67. The zero-order valence-electron chi connectivity index (χ0n) is 10.8. The van der Waals surface area contributed by atoms with Gasteiger partial charge in [-0.1, -0.05) is 13.8 Å². The molecule has 4 heteroatoms. The van der Waals surface area contributed by atoms with Gasteiger partial charge in [0.05, 0.1) is 6.04 Å². The van der Waals surface area contributed by atoms with E-state index in [9.17, 15) is 4.79 Å². The van der Waals surface area contributed by atoms with Crippen LogP contribution in [0.15, 0.2) is 0 Å². The van der Waals surface area contributed by atoms with E-state index in [1.807, 2.05) is 9.80 Å². The third-order valence-corrected chi connectivity index (χ3v) is 3.17. The first-order chi connectivity index (χ1) is 7.49. The molecule has 0 radical (unpaired) electrons. The molecule has 0 aliphatic carbocycles. The van der Waals surface area contributed by atoms with Gasteiger partial charge in [-0.25, -0.2) is 4.79 Å². The van der Waals surface area contributed by atoms with Gasteiger partial charge in [0.25, 0.3) is 0 Å². The summed E-state index contributed by atoms with van der Waals surface area (Å²) in [6.07, 6.45) is 0.669. The maximum atomic E-state index is 12.1. The van der Waals surface area contributed by atoms with Crippen molar-refractivity contribution in [3.63, 3.8) is 0 Å². The van der Waals surface area contributed by atoms with Crippen LogP contribution in [0.5, 0.6) is 0 Å². The molecule has 94 valence electrons. The predicted octanol–water partition coefficient (Wildman–Crippen LogP) is 1.54. The summed E-state index contributed by atoms with van der Waals surface area (Å²) in [7, 11) is 0. The van der Waals surface area contributed by atoms with Crippen LogP contribution in [0, 0.1) is 5.92 Å². The average Bonchev–Trinajstić information content (AvgIpc) is 2.53. The molecule has 1 saturated heterocycles. The Morgan fingerprint density at radius 3 is 2.38 bits per heavy atom. The number of rotatable bonds is 5. The fourth-order valence-corrected chi connectivity index (χ4v) is 2.28. The van der Waals surface area contributed by atoms with Crippen molar-refractivity contribution in [3.8, 4) is 0 Å². The van der Waals surface area contributed by atoms with Crippen LogP contribution >= 0.6 is 0 Å². The summed E-state index contributed by atoms with van der Waals surface area (Å²) in [5, 5.41) is 8.81. The van der Waals surface area contributed by atoms with Crippen LogP contribution in [0.3, 0.4) is 0 Å². The Labute approximate surface area is 98.2 Å². The quantitative estimate of drug-likeness (QED) is 0.775. The maximum absolute atomic E-state index is 12.1. The van der Waals surface area contributed by atoms with Gasteiger partial charge in [-0.3, -0.25) is 0 Å². The van der Waals surface area contributed by atoms with Gasteiger partial charge in [0, 0.05) is 25.7 Å². The van der Waals surface area contributed by atoms with Gasteiger partial charge in [-0.05, 0) is 26.2 Å².